The molecule has 0 amide bonds. The Morgan fingerprint density at radius 3 is 2.39 bits per heavy atom. The highest BCUT2D eigenvalue weighted by atomic mass is 16.8. The Morgan fingerprint density at radius 1 is 1.04 bits per heavy atom. The summed E-state index contributed by atoms with van der Waals surface area (Å²) < 4.78 is 28.8. The van der Waals surface area contributed by atoms with Crippen LogP contribution in [0.3, 0.4) is 0 Å². The summed E-state index contributed by atoms with van der Waals surface area (Å²) in [7, 11) is 0. The molecule has 0 radical (unpaired) electrons. The fourth-order valence-corrected chi connectivity index (χ4v) is 3.39. The molecule has 28 heavy (non-hydrogen) atoms. The van der Waals surface area contributed by atoms with Crippen LogP contribution in [0.2, 0.25) is 0 Å². The Kier molecular flexibility index (Phi) is 5.59. The zero-order chi connectivity index (χ0) is 19.5. The predicted molar refractivity (Wildman–Crippen MR) is 97.3 cm³/mol. The molecule has 7 heteroatoms. The first-order valence-electron chi connectivity index (χ1n) is 9.16. The first kappa shape index (κ1) is 18.9. The van der Waals surface area contributed by atoms with Gasteiger partial charge in [-0.1, -0.05) is 48.5 Å². The Balaban J connectivity index is 1.53. The van der Waals surface area contributed by atoms with Crippen LogP contribution in [0.5, 0.6) is 5.75 Å². The molecule has 2 aromatic carbocycles. The molecule has 2 fully saturated rings. The standard InChI is InChI=1S/C21H22O7/c1-13(22)25-19-17(23)18-16(27-21(19)26-15-10-6-3-7-11-15)12-24-20(28-18)14-8-4-2-5-9-14/h2-11,16-21,23H,12H2,1H3. The third kappa shape index (κ3) is 4.02. The van der Waals surface area contributed by atoms with Crippen molar-refractivity contribution in [1.29, 1.82) is 0 Å². The van der Waals surface area contributed by atoms with Gasteiger partial charge >= 0.3 is 5.97 Å². The molecule has 148 valence electrons. The highest BCUT2D eigenvalue weighted by molar-refractivity contribution is 5.66. The smallest absolute Gasteiger partial charge is 0.303 e. The van der Waals surface area contributed by atoms with Crippen molar-refractivity contribution in [3.63, 3.8) is 0 Å². The average Bonchev–Trinajstić information content (AvgIpc) is 2.72. The second-order valence-electron chi connectivity index (χ2n) is 6.72. The second-order valence-corrected chi connectivity index (χ2v) is 6.72. The zero-order valence-electron chi connectivity index (χ0n) is 15.3. The Morgan fingerprint density at radius 2 is 1.71 bits per heavy atom. The third-order valence-corrected chi connectivity index (χ3v) is 4.68. The van der Waals surface area contributed by atoms with Gasteiger partial charge in [0.1, 0.15) is 24.1 Å². The predicted octanol–water partition coefficient (Wildman–Crippen LogP) is 2.20. The van der Waals surface area contributed by atoms with Gasteiger partial charge in [-0.25, -0.2) is 0 Å². The van der Waals surface area contributed by atoms with Gasteiger partial charge in [-0.05, 0) is 12.1 Å². The van der Waals surface area contributed by atoms with Crippen LogP contribution in [0, 0.1) is 0 Å². The van der Waals surface area contributed by atoms with Crippen molar-refractivity contribution >= 4 is 5.97 Å². The third-order valence-electron chi connectivity index (χ3n) is 4.68. The molecule has 6 atom stereocenters. The zero-order valence-corrected chi connectivity index (χ0v) is 15.3. The molecule has 2 aliphatic heterocycles. The SMILES string of the molecule is CC(=O)OC1C(Oc2ccccc2)OC2COC(c3ccccc3)OC2C1O. The molecule has 0 aliphatic carbocycles. The molecule has 2 aromatic rings. The van der Waals surface area contributed by atoms with Crippen molar-refractivity contribution in [2.75, 3.05) is 6.61 Å². The Labute approximate surface area is 162 Å². The number of esters is 1. The average molecular weight is 386 g/mol. The first-order valence-corrected chi connectivity index (χ1v) is 9.16. The maximum atomic E-state index is 11.6. The number of carbonyl (C=O) groups excluding carboxylic acids is 1. The number of fused-ring (bicyclic) bond motifs is 1. The molecule has 6 unspecified atom stereocenters. The summed E-state index contributed by atoms with van der Waals surface area (Å²) in [4.78, 5) is 11.6. The molecule has 2 saturated heterocycles. The van der Waals surface area contributed by atoms with E-state index in [2.05, 4.69) is 0 Å². The maximum Gasteiger partial charge on any atom is 0.303 e. The quantitative estimate of drug-likeness (QED) is 0.807. The van der Waals surface area contributed by atoms with Crippen molar-refractivity contribution in [1.82, 2.24) is 0 Å². The molecule has 2 aliphatic rings. The van der Waals surface area contributed by atoms with E-state index in [1.165, 1.54) is 6.92 Å². The van der Waals surface area contributed by atoms with Crippen LogP contribution >= 0.6 is 0 Å². The van der Waals surface area contributed by atoms with E-state index in [1.807, 2.05) is 48.5 Å². The lowest BCUT2D eigenvalue weighted by Crippen LogP contribution is -2.63. The summed E-state index contributed by atoms with van der Waals surface area (Å²) in [5, 5.41) is 10.9. The Bertz CT molecular complexity index is 782. The number of hydrogen-bond donors (Lipinski definition) is 1. The lowest BCUT2D eigenvalue weighted by atomic mass is 9.97. The van der Waals surface area contributed by atoms with Gasteiger partial charge < -0.3 is 28.8 Å². The summed E-state index contributed by atoms with van der Waals surface area (Å²) in [6.45, 7) is 1.48. The molecular formula is C21H22O7. The summed E-state index contributed by atoms with van der Waals surface area (Å²) in [6, 6.07) is 18.4. The number of rotatable bonds is 4. The van der Waals surface area contributed by atoms with E-state index in [0.717, 1.165) is 5.56 Å². The van der Waals surface area contributed by atoms with Crippen LogP contribution < -0.4 is 4.74 Å². The summed E-state index contributed by atoms with van der Waals surface area (Å²) in [5.74, 6) is -0.00505. The van der Waals surface area contributed by atoms with E-state index in [9.17, 15) is 9.90 Å². The van der Waals surface area contributed by atoms with Crippen LogP contribution in [0.1, 0.15) is 18.8 Å². The Hall–Kier alpha value is -2.45. The molecule has 4 rings (SSSR count). The van der Waals surface area contributed by atoms with Gasteiger partial charge in [0.2, 0.25) is 6.29 Å². The van der Waals surface area contributed by atoms with Crippen molar-refractivity contribution in [2.45, 2.75) is 43.9 Å². The molecule has 0 spiro atoms. The minimum Gasteiger partial charge on any atom is -0.461 e. The monoisotopic (exact) mass is 386 g/mol. The fourth-order valence-electron chi connectivity index (χ4n) is 3.39. The van der Waals surface area contributed by atoms with Crippen LogP contribution in [0.4, 0.5) is 0 Å². The van der Waals surface area contributed by atoms with Gasteiger partial charge in [-0.15, -0.1) is 0 Å². The van der Waals surface area contributed by atoms with Crippen LogP contribution in [-0.4, -0.2) is 48.4 Å². The van der Waals surface area contributed by atoms with E-state index in [1.54, 1.807) is 12.1 Å². The number of carbonyl (C=O) groups is 1. The van der Waals surface area contributed by atoms with E-state index < -0.39 is 43.0 Å². The van der Waals surface area contributed by atoms with Crippen molar-refractivity contribution in [3.05, 3.63) is 66.2 Å². The molecule has 0 saturated carbocycles. The van der Waals surface area contributed by atoms with Gasteiger partial charge in [0.15, 0.2) is 12.4 Å². The molecule has 0 bridgehead atoms. The van der Waals surface area contributed by atoms with E-state index >= 15 is 0 Å². The summed E-state index contributed by atoms with van der Waals surface area (Å²) in [5.41, 5.74) is 0.833. The van der Waals surface area contributed by atoms with Crippen molar-refractivity contribution in [2.24, 2.45) is 0 Å². The normalized spacial score (nSPS) is 32.2. The number of benzene rings is 2. The van der Waals surface area contributed by atoms with E-state index in [0.29, 0.717) is 5.75 Å². The molecule has 7 nitrogen and oxygen atoms in total. The lowest BCUT2D eigenvalue weighted by Gasteiger charge is -2.46. The summed E-state index contributed by atoms with van der Waals surface area (Å²) >= 11 is 0. The van der Waals surface area contributed by atoms with Crippen LogP contribution in [0.15, 0.2) is 60.7 Å². The molecule has 0 aromatic heterocycles. The number of aliphatic hydroxyl groups is 1. The highest BCUT2D eigenvalue weighted by Gasteiger charge is 2.52. The number of ether oxygens (including phenoxy) is 5. The number of para-hydroxylation sites is 1. The maximum absolute atomic E-state index is 11.6. The van der Waals surface area contributed by atoms with Gasteiger partial charge in [0.05, 0.1) is 6.61 Å². The topological polar surface area (TPSA) is 83.5 Å². The minimum atomic E-state index is -1.13. The van der Waals surface area contributed by atoms with Crippen molar-refractivity contribution in [3.8, 4) is 5.75 Å². The molecular weight excluding hydrogens is 364 g/mol. The van der Waals surface area contributed by atoms with Gasteiger partial charge in [0, 0.05) is 12.5 Å². The summed E-state index contributed by atoms with van der Waals surface area (Å²) in [6.07, 6.45) is -5.07. The van der Waals surface area contributed by atoms with Gasteiger partial charge in [-0.2, -0.15) is 0 Å². The second kappa shape index (κ2) is 8.28. The number of aliphatic hydroxyl groups excluding tert-OH is 1. The fraction of sp³-hybridized carbons (Fsp3) is 0.381. The molecule has 2 heterocycles. The lowest BCUT2D eigenvalue weighted by molar-refractivity contribution is -0.350. The highest BCUT2D eigenvalue weighted by Crippen LogP contribution is 2.35. The van der Waals surface area contributed by atoms with E-state index in [-0.39, 0.29) is 6.61 Å². The largest absolute Gasteiger partial charge is 0.461 e. The van der Waals surface area contributed by atoms with Crippen LogP contribution in [0.25, 0.3) is 0 Å². The minimum absolute atomic E-state index is 0.211. The first-order chi connectivity index (χ1) is 13.6. The van der Waals surface area contributed by atoms with Gasteiger partial charge in [0.25, 0.3) is 0 Å². The molecule has 1 N–H and O–H groups in total. The van der Waals surface area contributed by atoms with Gasteiger partial charge in [-0.3, -0.25) is 4.79 Å². The van der Waals surface area contributed by atoms with Crippen LogP contribution in [-0.2, 0) is 23.7 Å². The van der Waals surface area contributed by atoms with Crippen molar-refractivity contribution < 1.29 is 33.6 Å². The van der Waals surface area contributed by atoms with E-state index in [4.69, 9.17) is 23.7 Å². The number of hydrogen-bond acceptors (Lipinski definition) is 7.